The highest BCUT2D eigenvalue weighted by Gasteiger charge is 2.05. The highest BCUT2D eigenvalue weighted by Crippen LogP contribution is 2.12. The molecule has 1 aromatic heterocycles. The molecule has 2 aromatic rings. The SMILES string of the molecule is CC(=O)CC(=O)Nc1ccc(NCc2ccc(C)cc2)nc1. The van der Waals surface area contributed by atoms with Gasteiger partial charge in [-0.05, 0) is 31.5 Å². The smallest absolute Gasteiger partial charge is 0.231 e. The normalized spacial score (nSPS) is 10.1. The van der Waals surface area contributed by atoms with Crippen LogP contribution in [0.3, 0.4) is 0 Å². The van der Waals surface area contributed by atoms with Gasteiger partial charge in [0.2, 0.25) is 5.91 Å². The maximum absolute atomic E-state index is 11.5. The number of hydrogen-bond acceptors (Lipinski definition) is 4. The topological polar surface area (TPSA) is 71.1 Å². The highest BCUT2D eigenvalue weighted by atomic mass is 16.2. The number of carbonyl (C=O) groups is 2. The zero-order valence-electron chi connectivity index (χ0n) is 12.7. The molecule has 2 N–H and O–H groups in total. The predicted molar refractivity (Wildman–Crippen MR) is 86.7 cm³/mol. The van der Waals surface area contributed by atoms with Crippen molar-refractivity contribution < 1.29 is 9.59 Å². The van der Waals surface area contributed by atoms with Gasteiger partial charge in [0.05, 0.1) is 18.3 Å². The molecular formula is C17H19N3O2. The number of pyridine rings is 1. The zero-order valence-corrected chi connectivity index (χ0v) is 12.7. The number of aromatic nitrogens is 1. The number of nitrogens with zero attached hydrogens (tertiary/aromatic N) is 1. The van der Waals surface area contributed by atoms with Crippen LogP contribution in [0.15, 0.2) is 42.6 Å². The average molecular weight is 297 g/mol. The van der Waals surface area contributed by atoms with Gasteiger partial charge in [-0.3, -0.25) is 9.59 Å². The Labute approximate surface area is 129 Å². The van der Waals surface area contributed by atoms with Gasteiger partial charge in [-0.25, -0.2) is 4.98 Å². The molecule has 1 heterocycles. The molecule has 5 heteroatoms. The fourth-order valence-corrected chi connectivity index (χ4v) is 1.90. The summed E-state index contributed by atoms with van der Waals surface area (Å²) in [6.45, 7) is 4.12. The molecule has 1 aromatic carbocycles. The van der Waals surface area contributed by atoms with Crippen LogP contribution in [0.5, 0.6) is 0 Å². The third-order valence-electron chi connectivity index (χ3n) is 3.05. The predicted octanol–water partition coefficient (Wildman–Crippen LogP) is 2.92. The molecule has 0 bridgehead atoms. The molecule has 0 saturated carbocycles. The van der Waals surface area contributed by atoms with Gasteiger partial charge in [0, 0.05) is 6.54 Å². The molecule has 22 heavy (non-hydrogen) atoms. The lowest BCUT2D eigenvalue weighted by Crippen LogP contribution is -2.14. The minimum Gasteiger partial charge on any atom is -0.366 e. The molecule has 0 atom stereocenters. The van der Waals surface area contributed by atoms with E-state index >= 15 is 0 Å². The second-order valence-electron chi connectivity index (χ2n) is 5.20. The van der Waals surface area contributed by atoms with Gasteiger partial charge >= 0.3 is 0 Å². The molecule has 114 valence electrons. The van der Waals surface area contributed by atoms with E-state index in [-0.39, 0.29) is 18.1 Å². The molecular weight excluding hydrogens is 278 g/mol. The molecule has 2 rings (SSSR count). The van der Waals surface area contributed by atoms with E-state index in [0.717, 1.165) is 5.82 Å². The van der Waals surface area contributed by atoms with Crippen LogP contribution in [0.2, 0.25) is 0 Å². The number of benzene rings is 1. The fraction of sp³-hybridized carbons (Fsp3) is 0.235. The number of ketones is 1. The molecule has 1 amide bonds. The molecule has 0 unspecified atom stereocenters. The number of hydrogen-bond donors (Lipinski definition) is 2. The number of Topliss-reactive ketones (excluding diaryl/α,β-unsaturated/α-hetero) is 1. The van der Waals surface area contributed by atoms with E-state index in [9.17, 15) is 9.59 Å². The van der Waals surface area contributed by atoms with Crippen LogP contribution in [0.25, 0.3) is 0 Å². The van der Waals surface area contributed by atoms with Crippen molar-refractivity contribution in [2.75, 3.05) is 10.6 Å². The Morgan fingerprint density at radius 2 is 1.82 bits per heavy atom. The van der Waals surface area contributed by atoms with Gasteiger partial charge in [-0.1, -0.05) is 29.8 Å². The minimum atomic E-state index is -0.324. The zero-order chi connectivity index (χ0) is 15.9. The van der Waals surface area contributed by atoms with Gasteiger partial charge in [-0.15, -0.1) is 0 Å². The Kier molecular flexibility index (Phi) is 5.25. The Balaban J connectivity index is 1.87. The van der Waals surface area contributed by atoms with E-state index < -0.39 is 0 Å². The third-order valence-corrected chi connectivity index (χ3v) is 3.05. The maximum atomic E-state index is 11.5. The summed E-state index contributed by atoms with van der Waals surface area (Å²) in [7, 11) is 0. The standard InChI is InChI=1S/C17H19N3O2/c1-12-3-5-14(6-4-12)10-18-16-8-7-15(11-19-16)20-17(22)9-13(2)21/h3-8,11H,9-10H2,1-2H3,(H,18,19)(H,20,22). The van der Waals surface area contributed by atoms with Crippen molar-refractivity contribution in [3.63, 3.8) is 0 Å². The van der Waals surface area contributed by atoms with Crippen molar-refractivity contribution in [1.82, 2.24) is 4.98 Å². The van der Waals surface area contributed by atoms with Gasteiger partial charge in [0.25, 0.3) is 0 Å². The van der Waals surface area contributed by atoms with Crippen LogP contribution in [-0.4, -0.2) is 16.7 Å². The lowest BCUT2D eigenvalue weighted by atomic mass is 10.1. The van der Waals surface area contributed by atoms with E-state index in [1.807, 2.05) is 0 Å². The number of anilines is 2. The lowest BCUT2D eigenvalue weighted by Gasteiger charge is -2.08. The first kappa shape index (κ1) is 15.7. The summed E-state index contributed by atoms with van der Waals surface area (Å²) in [5.74, 6) is 0.238. The Hall–Kier alpha value is -2.69. The monoisotopic (exact) mass is 297 g/mol. The Morgan fingerprint density at radius 3 is 2.41 bits per heavy atom. The van der Waals surface area contributed by atoms with Gasteiger partial charge in [0.1, 0.15) is 11.6 Å². The summed E-state index contributed by atoms with van der Waals surface area (Å²) >= 11 is 0. The summed E-state index contributed by atoms with van der Waals surface area (Å²) in [5, 5.41) is 5.85. The summed E-state index contributed by atoms with van der Waals surface area (Å²) in [6.07, 6.45) is 1.45. The number of aryl methyl sites for hydroxylation is 1. The van der Waals surface area contributed by atoms with Gasteiger partial charge in [-0.2, -0.15) is 0 Å². The summed E-state index contributed by atoms with van der Waals surface area (Å²) in [4.78, 5) is 26.6. The quantitative estimate of drug-likeness (QED) is 0.804. The average Bonchev–Trinajstić information content (AvgIpc) is 2.47. The Bertz CT molecular complexity index is 649. The molecule has 0 radical (unpaired) electrons. The molecule has 0 aliphatic carbocycles. The molecule has 5 nitrogen and oxygen atoms in total. The number of nitrogens with one attached hydrogen (secondary N) is 2. The van der Waals surface area contributed by atoms with Gasteiger partial charge in [0.15, 0.2) is 0 Å². The summed E-state index contributed by atoms with van der Waals surface area (Å²) in [5.41, 5.74) is 2.98. The first-order valence-corrected chi connectivity index (χ1v) is 7.07. The number of rotatable bonds is 6. The molecule has 0 aliphatic heterocycles. The first-order valence-electron chi connectivity index (χ1n) is 7.07. The second-order valence-corrected chi connectivity index (χ2v) is 5.20. The van der Waals surface area contributed by atoms with Crippen LogP contribution in [-0.2, 0) is 16.1 Å². The van der Waals surface area contributed by atoms with Crippen LogP contribution in [0, 0.1) is 6.92 Å². The largest absolute Gasteiger partial charge is 0.366 e. The van der Waals surface area contributed by atoms with E-state index in [0.29, 0.717) is 12.2 Å². The molecule has 0 spiro atoms. The first-order chi connectivity index (χ1) is 10.5. The van der Waals surface area contributed by atoms with Crippen LogP contribution in [0.4, 0.5) is 11.5 Å². The van der Waals surface area contributed by atoms with Crippen molar-refractivity contribution in [3.05, 3.63) is 53.7 Å². The van der Waals surface area contributed by atoms with E-state index in [1.165, 1.54) is 18.1 Å². The summed E-state index contributed by atoms with van der Waals surface area (Å²) < 4.78 is 0. The number of carbonyl (C=O) groups excluding carboxylic acids is 2. The van der Waals surface area contributed by atoms with E-state index in [4.69, 9.17) is 0 Å². The molecule has 0 fully saturated rings. The maximum Gasteiger partial charge on any atom is 0.231 e. The lowest BCUT2D eigenvalue weighted by molar-refractivity contribution is -0.124. The van der Waals surface area contributed by atoms with Crippen molar-refractivity contribution >= 4 is 23.2 Å². The van der Waals surface area contributed by atoms with Crippen LogP contribution >= 0.6 is 0 Å². The van der Waals surface area contributed by atoms with Crippen molar-refractivity contribution in [1.29, 1.82) is 0 Å². The van der Waals surface area contributed by atoms with Gasteiger partial charge < -0.3 is 10.6 Å². The van der Waals surface area contributed by atoms with Crippen molar-refractivity contribution in [3.8, 4) is 0 Å². The van der Waals surface area contributed by atoms with Crippen LogP contribution in [0.1, 0.15) is 24.5 Å². The van der Waals surface area contributed by atoms with Crippen molar-refractivity contribution in [2.45, 2.75) is 26.8 Å². The number of amides is 1. The third kappa shape index (κ3) is 5.01. The van der Waals surface area contributed by atoms with E-state index in [1.54, 1.807) is 18.3 Å². The molecule has 0 saturated heterocycles. The highest BCUT2D eigenvalue weighted by molar-refractivity contribution is 6.03. The van der Waals surface area contributed by atoms with E-state index in [2.05, 4.69) is 46.8 Å². The second kappa shape index (κ2) is 7.36. The van der Waals surface area contributed by atoms with Crippen molar-refractivity contribution in [2.24, 2.45) is 0 Å². The fourth-order valence-electron chi connectivity index (χ4n) is 1.90. The molecule has 0 aliphatic rings. The Morgan fingerprint density at radius 1 is 1.09 bits per heavy atom. The minimum absolute atomic E-state index is 0.118. The van der Waals surface area contributed by atoms with Crippen LogP contribution < -0.4 is 10.6 Å². The summed E-state index contributed by atoms with van der Waals surface area (Å²) in [6, 6.07) is 11.8.